The van der Waals surface area contributed by atoms with Crippen LogP contribution < -0.4 is 10.2 Å². The van der Waals surface area contributed by atoms with E-state index in [1.165, 1.54) is 6.20 Å². The van der Waals surface area contributed by atoms with Gasteiger partial charge in [0.1, 0.15) is 5.82 Å². The maximum atomic E-state index is 13.3. The van der Waals surface area contributed by atoms with Crippen LogP contribution in [0.5, 0.6) is 0 Å². The van der Waals surface area contributed by atoms with Gasteiger partial charge in [0.2, 0.25) is 0 Å². The fourth-order valence-electron chi connectivity index (χ4n) is 3.92. The number of hydrogen-bond donors (Lipinski definition) is 3. The summed E-state index contributed by atoms with van der Waals surface area (Å²) in [6.45, 7) is 2.29. The van der Waals surface area contributed by atoms with Gasteiger partial charge < -0.3 is 20.4 Å². The Morgan fingerprint density at radius 3 is 2.67 bits per heavy atom. The monoisotopic (exact) mass is 465 g/mol. The normalized spacial score (nSPS) is 16.5. The standard InChI is InChI=1S/C25H24ClN3O4/c1-15-5-2-3-6-18(15)24(32)28-22-11-9-17(14-27-22)25(33)29-12-4-7-21(30)19-13-16(23(26)31)8-10-20(19)29/h2-3,5-6,8-11,13-14,21,23,30-31H,4,7,12H2,1H3,(H,27,28,32). The molecular formula is C25H24ClN3O4. The van der Waals surface area contributed by atoms with Gasteiger partial charge in [0.25, 0.3) is 11.8 Å². The summed E-state index contributed by atoms with van der Waals surface area (Å²) in [5, 5.41) is 23.0. The zero-order chi connectivity index (χ0) is 23.5. The number of amides is 2. The molecule has 7 nitrogen and oxygen atoms in total. The quantitative estimate of drug-likeness (QED) is 0.497. The van der Waals surface area contributed by atoms with Crippen LogP contribution in [0, 0.1) is 6.92 Å². The molecule has 2 heterocycles. The summed E-state index contributed by atoms with van der Waals surface area (Å²) in [5.41, 5.74) is 2.15. The minimum Gasteiger partial charge on any atom is -0.388 e. The van der Waals surface area contributed by atoms with Gasteiger partial charge in [-0.15, -0.1) is 0 Å². The molecule has 3 N–H and O–H groups in total. The number of aliphatic hydroxyl groups is 2. The van der Waals surface area contributed by atoms with E-state index in [0.717, 1.165) is 5.56 Å². The van der Waals surface area contributed by atoms with Crippen LogP contribution >= 0.6 is 11.6 Å². The van der Waals surface area contributed by atoms with Crippen LogP contribution in [0.15, 0.2) is 60.8 Å². The molecule has 2 unspecified atom stereocenters. The molecule has 2 atom stereocenters. The molecule has 33 heavy (non-hydrogen) atoms. The molecule has 4 rings (SSSR count). The number of carbonyl (C=O) groups excluding carboxylic acids is 2. The van der Waals surface area contributed by atoms with Gasteiger partial charge in [0.15, 0.2) is 5.56 Å². The topological polar surface area (TPSA) is 103 Å². The number of fused-ring (bicyclic) bond motifs is 1. The molecule has 0 radical (unpaired) electrons. The Labute approximate surface area is 196 Å². The van der Waals surface area contributed by atoms with Gasteiger partial charge in [-0.1, -0.05) is 35.9 Å². The Morgan fingerprint density at radius 2 is 1.97 bits per heavy atom. The number of alkyl halides is 1. The van der Waals surface area contributed by atoms with E-state index < -0.39 is 11.7 Å². The number of pyridine rings is 1. The lowest BCUT2D eigenvalue weighted by Gasteiger charge is -2.24. The molecule has 0 saturated heterocycles. The van der Waals surface area contributed by atoms with Crippen LogP contribution in [0.4, 0.5) is 11.5 Å². The van der Waals surface area contributed by atoms with Crippen LogP contribution in [0.2, 0.25) is 0 Å². The molecule has 0 spiro atoms. The minimum atomic E-state index is -1.19. The summed E-state index contributed by atoms with van der Waals surface area (Å²) in [6.07, 6.45) is 1.76. The third kappa shape index (κ3) is 4.90. The van der Waals surface area contributed by atoms with Crippen LogP contribution in [0.3, 0.4) is 0 Å². The number of aromatic nitrogens is 1. The third-order valence-electron chi connectivity index (χ3n) is 5.72. The second-order valence-electron chi connectivity index (χ2n) is 7.97. The Morgan fingerprint density at radius 1 is 1.18 bits per heavy atom. The number of aliphatic hydroxyl groups excluding tert-OH is 2. The first-order valence-electron chi connectivity index (χ1n) is 10.6. The first-order valence-corrected chi connectivity index (χ1v) is 11.1. The summed E-state index contributed by atoms with van der Waals surface area (Å²) >= 11 is 5.78. The van der Waals surface area contributed by atoms with E-state index in [2.05, 4.69) is 10.3 Å². The van der Waals surface area contributed by atoms with Crippen molar-refractivity contribution in [3.63, 3.8) is 0 Å². The maximum absolute atomic E-state index is 13.3. The summed E-state index contributed by atoms with van der Waals surface area (Å²) in [6, 6.07) is 15.4. The van der Waals surface area contributed by atoms with Gasteiger partial charge in [-0.05, 0) is 61.2 Å². The highest BCUT2D eigenvalue weighted by atomic mass is 35.5. The molecule has 8 heteroatoms. The number of carbonyl (C=O) groups is 2. The van der Waals surface area contributed by atoms with Crippen LogP contribution in [-0.4, -0.2) is 33.6 Å². The van der Waals surface area contributed by atoms with Crippen molar-refractivity contribution >= 4 is 34.9 Å². The van der Waals surface area contributed by atoms with E-state index in [0.29, 0.717) is 53.1 Å². The average Bonchev–Trinajstić information content (AvgIpc) is 2.97. The number of benzene rings is 2. The lowest BCUT2D eigenvalue weighted by molar-refractivity contribution is 0.0985. The lowest BCUT2D eigenvalue weighted by Crippen LogP contribution is -2.32. The second-order valence-corrected chi connectivity index (χ2v) is 8.38. The van der Waals surface area contributed by atoms with Crippen molar-refractivity contribution in [2.75, 3.05) is 16.8 Å². The van der Waals surface area contributed by atoms with E-state index in [1.54, 1.807) is 47.4 Å². The molecular weight excluding hydrogens is 442 g/mol. The van der Waals surface area contributed by atoms with Crippen LogP contribution in [0.25, 0.3) is 0 Å². The molecule has 2 amide bonds. The number of rotatable bonds is 4. The van der Waals surface area contributed by atoms with Crippen LogP contribution in [0.1, 0.15) is 61.9 Å². The molecule has 0 aliphatic carbocycles. The maximum Gasteiger partial charge on any atom is 0.259 e. The Kier molecular flexibility index (Phi) is 6.74. The molecule has 1 aliphatic rings. The largest absolute Gasteiger partial charge is 0.388 e. The van der Waals surface area contributed by atoms with Gasteiger partial charge in [0, 0.05) is 29.6 Å². The number of anilines is 2. The SMILES string of the molecule is Cc1ccccc1C(=O)Nc1ccc(C(=O)N2CCCC(O)c3cc(C(O)Cl)ccc32)cn1. The van der Waals surface area contributed by atoms with Gasteiger partial charge in [0.05, 0.1) is 11.7 Å². The van der Waals surface area contributed by atoms with Crippen molar-refractivity contribution in [3.05, 3.63) is 88.6 Å². The number of nitrogens with zero attached hydrogens (tertiary/aromatic N) is 2. The summed E-state index contributed by atoms with van der Waals surface area (Å²) in [4.78, 5) is 31.6. The molecule has 170 valence electrons. The third-order valence-corrected chi connectivity index (χ3v) is 5.97. The smallest absolute Gasteiger partial charge is 0.259 e. The predicted octanol–water partition coefficient (Wildman–Crippen LogP) is 4.35. The lowest BCUT2D eigenvalue weighted by atomic mass is 10.0. The Balaban J connectivity index is 1.55. The minimum absolute atomic E-state index is 0.270. The van der Waals surface area contributed by atoms with Crippen molar-refractivity contribution < 1.29 is 19.8 Å². The Hall–Kier alpha value is -3.26. The molecule has 3 aromatic rings. The molecule has 2 aromatic carbocycles. The van der Waals surface area contributed by atoms with Gasteiger partial charge in [-0.25, -0.2) is 4.98 Å². The first-order chi connectivity index (χ1) is 15.8. The van der Waals surface area contributed by atoms with Crippen molar-refractivity contribution in [1.29, 1.82) is 0 Å². The number of aryl methyl sites for hydroxylation is 1. The highest BCUT2D eigenvalue weighted by Gasteiger charge is 2.27. The van der Waals surface area contributed by atoms with E-state index >= 15 is 0 Å². The fourth-order valence-corrected chi connectivity index (χ4v) is 4.06. The number of hydrogen-bond acceptors (Lipinski definition) is 5. The highest BCUT2D eigenvalue weighted by molar-refractivity contribution is 6.19. The first kappa shape index (κ1) is 22.9. The molecule has 1 aliphatic heterocycles. The van der Waals surface area contributed by atoms with Crippen molar-refractivity contribution in [3.8, 4) is 0 Å². The molecule has 0 fully saturated rings. The Bertz CT molecular complexity index is 1180. The fraction of sp³-hybridized carbons (Fsp3) is 0.240. The van der Waals surface area contributed by atoms with E-state index in [1.807, 2.05) is 19.1 Å². The molecule has 0 bridgehead atoms. The van der Waals surface area contributed by atoms with Crippen molar-refractivity contribution in [2.24, 2.45) is 0 Å². The van der Waals surface area contributed by atoms with E-state index in [-0.39, 0.29) is 11.8 Å². The number of halogens is 1. The van der Waals surface area contributed by atoms with Gasteiger partial charge in [-0.2, -0.15) is 0 Å². The second kappa shape index (κ2) is 9.70. The van der Waals surface area contributed by atoms with Crippen molar-refractivity contribution in [2.45, 2.75) is 31.4 Å². The molecule has 0 saturated carbocycles. The zero-order valence-corrected chi connectivity index (χ0v) is 18.8. The molecule has 1 aromatic heterocycles. The van der Waals surface area contributed by atoms with E-state index in [4.69, 9.17) is 11.6 Å². The average molecular weight is 466 g/mol. The highest BCUT2D eigenvalue weighted by Crippen LogP contribution is 2.36. The van der Waals surface area contributed by atoms with Crippen LogP contribution in [-0.2, 0) is 0 Å². The summed E-state index contributed by atoms with van der Waals surface area (Å²) in [7, 11) is 0. The summed E-state index contributed by atoms with van der Waals surface area (Å²) < 4.78 is 0. The van der Waals surface area contributed by atoms with Crippen molar-refractivity contribution in [1.82, 2.24) is 4.98 Å². The summed E-state index contributed by atoms with van der Waals surface area (Å²) in [5.74, 6) is -0.201. The zero-order valence-electron chi connectivity index (χ0n) is 18.0. The predicted molar refractivity (Wildman–Crippen MR) is 126 cm³/mol. The van der Waals surface area contributed by atoms with E-state index in [9.17, 15) is 19.8 Å². The number of nitrogens with one attached hydrogen (secondary N) is 1. The van der Waals surface area contributed by atoms with Gasteiger partial charge >= 0.3 is 0 Å². The van der Waals surface area contributed by atoms with Gasteiger partial charge in [-0.3, -0.25) is 9.59 Å².